The molecule has 5 nitrogen and oxygen atoms in total. The molecule has 0 radical (unpaired) electrons. The number of thiazole rings is 1. The SMILES string of the molecule is Cc1csc(Nc2ncc(-c3cnccc3C)c3ccc(C)nc23)n1. The summed E-state index contributed by atoms with van der Waals surface area (Å²) in [5.41, 5.74) is 6.05. The van der Waals surface area contributed by atoms with Gasteiger partial charge in [-0.1, -0.05) is 6.07 Å². The first-order valence-electron chi connectivity index (χ1n) is 7.98. The largest absolute Gasteiger partial charge is 0.314 e. The second-order valence-electron chi connectivity index (χ2n) is 5.98. The Morgan fingerprint density at radius 2 is 1.80 bits per heavy atom. The molecule has 0 saturated heterocycles. The predicted molar refractivity (Wildman–Crippen MR) is 102 cm³/mol. The molecule has 0 fully saturated rings. The molecule has 0 unspecified atom stereocenters. The molecule has 0 aliphatic rings. The molecule has 124 valence electrons. The number of nitrogens with zero attached hydrogens (tertiary/aromatic N) is 4. The third-order valence-electron chi connectivity index (χ3n) is 4.05. The fourth-order valence-corrected chi connectivity index (χ4v) is 3.47. The highest BCUT2D eigenvalue weighted by Crippen LogP contribution is 2.33. The van der Waals surface area contributed by atoms with Crippen LogP contribution in [0.5, 0.6) is 0 Å². The number of hydrogen-bond acceptors (Lipinski definition) is 6. The van der Waals surface area contributed by atoms with Crippen LogP contribution < -0.4 is 5.32 Å². The average Bonchev–Trinajstić information content (AvgIpc) is 3.01. The molecule has 0 aromatic carbocycles. The van der Waals surface area contributed by atoms with Crippen molar-refractivity contribution in [3.8, 4) is 11.1 Å². The Balaban J connectivity index is 1.91. The molecule has 0 spiro atoms. The minimum atomic E-state index is 0.721. The molecule has 4 heterocycles. The van der Waals surface area contributed by atoms with Gasteiger partial charge in [0, 0.05) is 46.2 Å². The molecule has 25 heavy (non-hydrogen) atoms. The van der Waals surface area contributed by atoms with Gasteiger partial charge >= 0.3 is 0 Å². The number of aromatic nitrogens is 4. The van der Waals surface area contributed by atoms with E-state index >= 15 is 0 Å². The molecular weight excluding hydrogens is 330 g/mol. The maximum Gasteiger partial charge on any atom is 0.188 e. The lowest BCUT2D eigenvalue weighted by Crippen LogP contribution is -1.99. The summed E-state index contributed by atoms with van der Waals surface area (Å²) in [5, 5.41) is 7.18. The average molecular weight is 347 g/mol. The molecule has 6 heteroatoms. The van der Waals surface area contributed by atoms with Crippen molar-refractivity contribution in [3.05, 3.63) is 59.1 Å². The number of hydrogen-bond donors (Lipinski definition) is 1. The van der Waals surface area contributed by atoms with Crippen molar-refractivity contribution in [1.29, 1.82) is 0 Å². The molecular formula is C19H17N5S. The van der Waals surface area contributed by atoms with Crippen LogP contribution in [0.25, 0.3) is 22.0 Å². The second-order valence-corrected chi connectivity index (χ2v) is 6.84. The van der Waals surface area contributed by atoms with Crippen LogP contribution in [0.4, 0.5) is 10.9 Å². The summed E-state index contributed by atoms with van der Waals surface area (Å²) in [6.07, 6.45) is 5.56. The zero-order valence-corrected chi connectivity index (χ0v) is 15.1. The van der Waals surface area contributed by atoms with Crippen molar-refractivity contribution in [2.45, 2.75) is 20.8 Å². The van der Waals surface area contributed by atoms with Gasteiger partial charge in [-0.2, -0.15) is 0 Å². The van der Waals surface area contributed by atoms with E-state index in [4.69, 9.17) is 4.98 Å². The number of aryl methyl sites for hydroxylation is 3. The first-order chi connectivity index (χ1) is 12.1. The van der Waals surface area contributed by atoms with Crippen molar-refractivity contribution in [1.82, 2.24) is 19.9 Å². The maximum absolute atomic E-state index is 4.73. The van der Waals surface area contributed by atoms with Gasteiger partial charge in [-0.25, -0.2) is 15.0 Å². The predicted octanol–water partition coefficient (Wildman–Crippen LogP) is 4.82. The van der Waals surface area contributed by atoms with Gasteiger partial charge in [-0.15, -0.1) is 11.3 Å². The molecule has 0 saturated carbocycles. The summed E-state index contributed by atoms with van der Waals surface area (Å²) in [5.74, 6) is 0.721. The van der Waals surface area contributed by atoms with E-state index in [0.717, 1.165) is 49.9 Å². The van der Waals surface area contributed by atoms with Crippen molar-refractivity contribution in [2.75, 3.05) is 5.32 Å². The van der Waals surface area contributed by atoms with E-state index in [1.165, 1.54) is 0 Å². The number of anilines is 2. The van der Waals surface area contributed by atoms with E-state index in [0.29, 0.717) is 0 Å². The summed E-state index contributed by atoms with van der Waals surface area (Å²) in [4.78, 5) is 18.1. The van der Waals surface area contributed by atoms with Crippen LogP contribution in [-0.2, 0) is 0 Å². The van der Waals surface area contributed by atoms with Gasteiger partial charge in [0.2, 0.25) is 0 Å². The van der Waals surface area contributed by atoms with E-state index in [-0.39, 0.29) is 0 Å². The highest BCUT2D eigenvalue weighted by atomic mass is 32.1. The first-order valence-corrected chi connectivity index (χ1v) is 8.86. The summed E-state index contributed by atoms with van der Waals surface area (Å²) in [7, 11) is 0. The second kappa shape index (κ2) is 6.22. The number of rotatable bonds is 3. The van der Waals surface area contributed by atoms with E-state index in [1.807, 2.05) is 43.8 Å². The van der Waals surface area contributed by atoms with Gasteiger partial charge in [0.05, 0.1) is 5.69 Å². The Morgan fingerprint density at radius 1 is 0.920 bits per heavy atom. The van der Waals surface area contributed by atoms with Crippen LogP contribution in [0.15, 0.2) is 42.2 Å². The molecule has 4 aromatic heterocycles. The highest BCUT2D eigenvalue weighted by molar-refractivity contribution is 7.13. The van der Waals surface area contributed by atoms with Crippen molar-refractivity contribution < 1.29 is 0 Å². The maximum atomic E-state index is 4.73. The van der Waals surface area contributed by atoms with Crippen LogP contribution in [0.2, 0.25) is 0 Å². The lowest BCUT2D eigenvalue weighted by molar-refractivity contribution is 1.21. The third-order valence-corrected chi connectivity index (χ3v) is 4.92. The summed E-state index contributed by atoms with van der Waals surface area (Å²) < 4.78 is 0. The molecule has 0 aliphatic carbocycles. The standard InChI is InChI=1S/C19H17N5S/c1-11-6-7-20-8-15(11)16-9-21-18(24-19-23-13(3)10-25-19)17-14(16)5-4-12(2)22-17/h4-10H,1-3H3,(H,21,23,24). The Hall–Kier alpha value is -2.86. The van der Waals surface area contributed by atoms with Gasteiger partial charge < -0.3 is 5.32 Å². The van der Waals surface area contributed by atoms with E-state index in [1.54, 1.807) is 17.5 Å². The van der Waals surface area contributed by atoms with E-state index in [9.17, 15) is 0 Å². The normalized spacial score (nSPS) is 11.0. The van der Waals surface area contributed by atoms with Crippen molar-refractivity contribution in [3.63, 3.8) is 0 Å². The summed E-state index contributed by atoms with van der Waals surface area (Å²) >= 11 is 1.56. The zero-order chi connectivity index (χ0) is 17.4. The number of fused-ring (bicyclic) bond motifs is 1. The van der Waals surface area contributed by atoms with Crippen LogP contribution in [0.1, 0.15) is 17.0 Å². The molecule has 0 atom stereocenters. The smallest absolute Gasteiger partial charge is 0.188 e. The van der Waals surface area contributed by atoms with E-state index < -0.39 is 0 Å². The highest BCUT2D eigenvalue weighted by Gasteiger charge is 2.13. The molecule has 4 aromatic rings. The molecule has 0 aliphatic heterocycles. The topological polar surface area (TPSA) is 63.6 Å². The molecule has 0 bridgehead atoms. The Labute approximate surface area is 149 Å². The minimum Gasteiger partial charge on any atom is -0.314 e. The number of nitrogens with one attached hydrogen (secondary N) is 1. The molecule has 4 rings (SSSR count). The van der Waals surface area contributed by atoms with Crippen LogP contribution in [-0.4, -0.2) is 19.9 Å². The van der Waals surface area contributed by atoms with Gasteiger partial charge in [0.1, 0.15) is 5.52 Å². The van der Waals surface area contributed by atoms with Gasteiger partial charge in [0.15, 0.2) is 10.9 Å². The molecule has 1 N–H and O–H groups in total. The fourth-order valence-electron chi connectivity index (χ4n) is 2.78. The quantitative estimate of drug-likeness (QED) is 0.576. The number of pyridine rings is 3. The zero-order valence-electron chi connectivity index (χ0n) is 14.2. The van der Waals surface area contributed by atoms with Gasteiger partial charge in [-0.05, 0) is 38.5 Å². The Kier molecular flexibility index (Phi) is 3.89. The first kappa shape index (κ1) is 15.7. The van der Waals surface area contributed by atoms with Gasteiger partial charge in [-0.3, -0.25) is 4.98 Å². The lowest BCUT2D eigenvalue weighted by Gasteiger charge is -2.12. The monoisotopic (exact) mass is 347 g/mol. The lowest BCUT2D eigenvalue weighted by atomic mass is 10.0. The van der Waals surface area contributed by atoms with Crippen LogP contribution >= 0.6 is 11.3 Å². The Bertz CT molecular complexity index is 1070. The molecule has 0 amide bonds. The van der Waals surface area contributed by atoms with Crippen LogP contribution in [0, 0.1) is 20.8 Å². The third kappa shape index (κ3) is 2.96. The fraction of sp³-hybridized carbons (Fsp3) is 0.158. The summed E-state index contributed by atoms with van der Waals surface area (Å²) in [6.45, 7) is 6.04. The van der Waals surface area contributed by atoms with Crippen molar-refractivity contribution >= 4 is 33.2 Å². The van der Waals surface area contributed by atoms with E-state index in [2.05, 4.69) is 33.3 Å². The minimum absolute atomic E-state index is 0.721. The summed E-state index contributed by atoms with van der Waals surface area (Å²) in [6, 6.07) is 6.13. The van der Waals surface area contributed by atoms with Gasteiger partial charge in [0.25, 0.3) is 0 Å². The van der Waals surface area contributed by atoms with Crippen LogP contribution in [0.3, 0.4) is 0 Å². The van der Waals surface area contributed by atoms with Crippen molar-refractivity contribution in [2.24, 2.45) is 0 Å². The Morgan fingerprint density at radius 3 is 2.56 bits per heavy atom.